The highest BCUT2D eigenvalue weighted by molar-refractivity contribution is 9.10. The molecule has 0 fully saturated rings. The summed E-state index contributed by atoms with van der Waals surface area (Å²) in [5.41, 5.74) is 7.94. The summed E-state index contributed by atoms with van der Waals surface area (Å²) in [7, 11) is 0. The predicted octanol–water partition coefficient (Wildman–Crippen LogP) is 3.70. The summed E-state index contributed by atoms with van der Waals surface area (Å²) in [4.78, 5) is 0. The van der Waals surface area contributed by atoms with E-state index in [1.165, 1.54) is 0 Å². The lowest BCUT2D eigenvalue weighted by Gasteiger charge is -2.14. The van der Waals surface area contributed by atoms with Gasteiger partial charge in [0.2, 0.25) is 0 Å². The summed E-state index contributed by atoms with van der Waals surface area (Å²) in [5.74, 6) is 0.855. The van der Waals surface area contributed by atoms with Crippen LogP contribution in [0.3, 0.4) is 0 Å². The summed E-state index contributed by atoms with van der Waals surface area (Å²) in [6.07, 6.45) is 2.77. The molecule has 21 heavy (non-hydrogen) atoms. The smallest absolute Gasteiger partial charge is 0.137 e. The molecule has 2 rings (SSSR count). The maximum atomic E-state index is 5.97. The van der Waals surface area contributed by atoms with E-state index < -0.39 is 0 Å². The van der Waals surface area contributed by atoms with Gasteiger partial charge in [-0.15, -0.1) is 0 Å². The Morgan fingerprint density at radius 3 is 2.67 bits per heavy atom. The third kappa shape index (κ3) is 4.32. The molecule has 2 N–H and O–H groups in total. The van der Waals surface area contributed by atoms with Crippen LogP contribution in [0.2, 0.25) is 0 Å². The van der Waals surface area contributed by atoms with E-state index in [2.05, 4.69) is 40.9 Å². The maximum absolute atomic E-state index is 5.97. The Hall–Kier alpha value is -1.33. The number of halogens is 1. The molecule has 0 aliphatic carbocycles. The predicted molar refractivity (Wildman–Crippen MR) is 88.4 cm³/mol. The number of aromatic nitrogens is 2. The van der Waals surface area contributed by atoms with Crippen molar-refractivity contribution in [2.45, 2.75) is 45.9 Å². The molecule has 1 aromatic carbocycles. The van der Waals surface area contributed by atoms with E-state index in [1.54, 1.807) is 0 Å². The van der Waals surface area contributed by atoms with Crippen LogP contribution < -0.4 is 10.5 Å². The first-order chi connectivity index (χ1) is 9.97. The van der Waals surface area contributed by atoms with Gasteiger partial charge in [0.05, 0.1) is 10.2 Å². The quantitative estimate of drug-likeness (QED) is 0.863. The Bertz CT molecular complexity index is 593. The normalized spacial score (nSPS) is 12.7. The highest BCUT2D eigenvalue weighted by Crippen LogP contribution is 2.30. The Balaban J connectivity index is 2.11. The van der Waals surface area contributed by atoms with Gasteiger partial charge < -0.3 is 10.5 Å². The topological polar surface area (TPSA) is 53.1 Å². The Labute approximate surface area is 134 Å². The zero-order chi connectivity index (χ0) is 15.4. The SMILES string of the molecule is CC(N)Cc1cccc(Br)c1OCc1ccn(C(C)C)n1. The standard InChI is InChI=1S/C16H22BrN3O/c1-11(2)20-8-7-14(19-20)10-21-16-13(9-12(3)18)5-4-6-15(16)17/h4-8,11-12H,9-10,18H2,1-3H3. The average Bonchev–Trinajstić information content (AvgIpc) is 2.86. The van der Waals surface area contributed by atoms with Crippen molar-refractivity contribution in [3.05, 3.63) is 46.2 Å². The van der Waals surface area contributed by atoms with Gasteiger partial charge in [-0.05, 0) is 60.8 Å². The fraction of sp³-hybridized carbons (Fsp3) is 0.438. The lowest BCUT2D eigenvalue weighted by Crippen LogP contribution is -2.18. The molecule has 5 heteroatoms. The summed E-state index contributed by atoms with van der Waals surface area (Å²) in [6, 6.07) is 8.48. The second-order valence-electron chi connectivity index (χ2n) is 5.58. The van der Waals surface area contributed by atoms with Crippen LogP contribution in [-0.4, -0.2) is 15.8 Å². The van der Waals surface area contributed by atoms with Gasteiger partial charge >= 0.3 is 0 Å². The zero-order valence-electron chi connectivity index (χ0n) is 12.7. The zero-order valence-corrected chi connectivity index (χ0v) is 14.3. The molecule has 4 nitrogen and oxygen atoms in total. The van der Waals surface area contributed by atoms with E-state index in [0.29, 0.717) is 12.6 Å². The van der Waals surface area contributed by atoms with Gasteiger partial charge in [-0.25, -0.2) is 0 Å². The molecule has 2 aromatic rings. The minimum absolute atomic E-state index is 0.0989. The highest BCUT2D eigenvalue weighted by atomic mass is 79.9. The van der Waals surface area contributed by atoms with Gasteiger partial charge in [-0.1, -0.05) is 12.1 Å². The first-order valence-corrected chi connectivity index (χ1v) is 7.96. The van der Waals surface area contributed by atoms with E-state index in [9.17, 15) is 0 Å². The second-order valence-corrected chi connectivity index (χ2v) is 6.43. The van der Waals surface area contributed by atoms with Crippen LogP contribution in [0.25, 0.3) is 0 Å². The lowest BCUT2D eigenvalue weighted by molar-refractivity contribution is 0.293. The molecule has 1 unspecified atom stereocenters. The number of nitrogens with zero attached hydrogens (tertiary/aromatic N) is 2. The van der Waals surface area contributed by atoms with Crippen LogP contribution in [0, 0.1) is 0 Å². The van der Waals surface area contributed by atoms with Crippen LogP contribution in [0.1, 0.15) is 38.1 Å². The summed E-state index contributed by atoms with van der Waals surface area (Å²) < 4.78 is 8.85. The van der Waals surface area contributed by atoms with Gasteiger partial charge in [0.1, 0.15) is 12.4 Å². The average molecular weight is 352 g/mol. The molecule has 0 saturated carbocycles. The molecule has 114 valence electrons. The molecule has 0 spiro atoms. The summed E-state index contributed by atoms with van der Waals surface area (Å²) >= 11 is 3.55. The van der Waals surface area contributed by atoms with Gasteiger partial charge in [-0.3, -0.25) is 4.68 Å². The first-order valence-electron chi connectivity index (χ1n) is 7.17. The van der Waals surface area contributed by atoms with E-state index in [4.69, 9.17) is 10.5 Å². The largest absolute Gasteiger partial charge is 0.486 e. The van der Waals surface area contributed by atoms with Crippen LogP contribution in [0.5, 0.6) is 5.75 Å². The van der Waals surface area contributed by atoms with Crippen molar-refractivity contribution in [2.24, 2.45) is 5.73 Å². The Morgan fingerprint density at radius 1 is 1.29 bits per heavy atom. The monoisotopic (exact) mass is 351 g/mol. The molecule has 0 aliphatic rings. The van der Waals surface area contributed by atoms with E-state index in [1.807, 2.05) is 36.0 Å². The van der Waals surface area contributed by atoms with Crippen molar-refractivity contribution in [1.82, 2.24) is 9.78 Å². The number of nitrogens with two attached hydrogens (primary N) is 1. The lowest BCUT2D eigenvalue weighted by atomic mass is 10.1. The summed E-state index contributed by atoms with van der Waals surface area (Å²) in [5, 5.41) is 4.50. The maximum Gasteiger partial charge on any atom is 0.137 e. The number of hydrogen-bond acceptors (Lipinski definition) is 3. The van der Waals surface area contributed by atoms with Gasteiger partial charge in [0.25, 0.3) is 0 Å². The molecule has 0 radical (unpaired) electrons. The molecule has 1 aromatic heterocycles. The number of para-hydroxylation sites is 1. The Morgan fingerprint density at radius 2 is 2.05 bits per heavy atom. The third-order valence-electron chi connectivity index (χ3n) is 3.15. The van der Waals surface area contributed by atoms with E-state index >= 15 is 0 Å². The van der Waals surface area contributed by atoms with Crippen molar-refractivity contribution in [3.63, 3.8) is 0 Å². The number of hydrogen-bond donors (Lipinski definition) is 1. The molecule has 1 atom stereocenters. The fourth-order valence-corrected chi connectivity index (χ4v) is 2.63. The molecular weight excluding hydrogens is 330 g/mol. The minimum atomic E-state index is 0.0989. The minimum Gasteiger partial charge on any atom is -0.486 e. The Kier molecular flexibility index (Phi) is 5.42. The second kappa shape index (κ2) is 7.09. The van der Waals surface area contributed by atoms with Gasteiger partial charge in [0.15, 0.2) is 0 Å². The molecule has 0 aliphatic heterocycles. The third-order valence-corrected chi connectivity index (χ3v) is 3.77. The van der Waals surface area contributed by atoms with Crippen LogP contribution in [0.4, 0.5) is 0 Å². The van der Waals surface area contributed by atoms with Crippen molar-refractivity contribution < 1.29 is 4.74 Å². The number of rotatable bonds is 6. The molecule has 0 saturated heterocycles. The molecule has 0 amide bonds. The number of ether oxygens (including phenoxy) is 1. The molecular formula is C16H22BrN3O. The molecule has 0 bridgehead atoms. The number of benzene rings is 1. The fourth-order valence-electron chi connectivity index (χ4n) is 2.11. The van der Waals surface area contributed by atoms with E-state index in [0.717, 1.165) is 27.9 Å². The molecule has 1 heterocycles. The highest BCUT2D eigenvalue weighted by Gasteiger charge is 2.11. The van der Waals surface area contributed by atoms with Crippen molar-refractivity contribution in [2.75, 3.05) is 0 Å². The van der Waals surface area contributed by atoms with Gasteiger partial charge in [0, 0.05) is 18.3 Å². The van der Waals surface area contributed by atoms with Crippen molar-refractivity contribution in [3.8, 4) is 5.75 Å². The van der Waals surface area contributed by atoms with E-state index in [-0.39, 0.29) is 6.04 Å². The first kappa shape index (κ1) is 16.0. The van der Waals surface area contributed by atoms with Crippen molar-refractivity contribution in [1.29, 1.82) is 0 Å². The van der Waals surface area contributed by atoms with Crippen LogP contribution >= 0.6 is 15.9 Å². The van der Waals surface area contributed by atoms with Crippen LogP contribution in [0.15, 0.2) is 34.9 Å². The van der Waals surface area contributed by atoms with Crippen molar-refractivity contribution >= 4 is 15.9 Å². The van der Waals surface area contributed by atoms with Gasteiger partial charge in [-0.2, -0.15) is 5.10 Å². The van der Waals surface area contributed by atoms with Crippen LogP contribution in [-0.2, 0) is 13.0 Å². The summed E-state index contributed by atoms with van der Waals surface area (Å²) in [6.45, 7) is 6.65.